The van der Waals surface area contributed by atoms with Crippen LogP contribution in [0.1, 0.15) is 36.5 Å². The van der Waals surface area contributed by atoms with E-state index in [1.165, 1.54) is 19.3 Å². The molecule has 1 fully saturated rings. The number of ether oxygens (including phenoxy) is 1. The predicted molar refractivity (Wildman–Crippen MR) is 67.3 cm³/mol. The Morgan fingerprint density at radius 3 is 2.41 bits per heavy atom. The standard InChI is InChI=1S/C14H19NO2/c1-12(15-9-3-2-4-10-15)17-14-7-5-13(11-16)6-8-14/h5-8,11-12H,2-4,9-10H2,1H3. The number of benzene rings is 1. The van der Waals surface area contributed by atoms with Gasteiger partial charge in [-0.25, -0.2) is 0 Å². The van der Waals surface area contributed by atoms with Gasteiger partial charge in [0.15, 0.2) is 0 Å². The number of likely N-dealkylation sites (tertiary alicyclic amines) is 1. The average molecular weight is 233 g/mol. The van der Waals surface area contributed by atoms with Gasteiger partial charge in [0.25, 0.3) is 0 Å². The molecule has 1 heterocycles. The first kappa shape index (κ1) is 12.1. The number of aldehydes is 1. The molecule has 17 heavy (non-hydrogen) atoms. The van der Waals surface area contributed by atoms with Crippen molar-refractivity contribution >= 4 is 6.29 Å². The van der Waals surface area contributed by atoms with Gasteiger partial charge in [0.05, 0.1) is 0 Å². The third kappa shape index (κ3) is 3.30. The van der Waals surface area contributed by atoms with Gasteiger partial charge in [-0.3, -0.25) is 9.69 Å². The maximum Gasteiger partial charge on any atom is 0.150 e. The lowest BCUT2D eigenvalue weighted by Crippen LogP contribution is -2.40. The van der Waals surface area contributed by atoms with E-state index < -0.39 is 0 Å². The molecule has 1 aromatic carbocycles. The minimum absolute atomic E-state index is 0.109. The molecule has 1 aliphatic rings. The summed E-state index contributed by atoms with van der Waals surface area (Å²) in [4.78, 5) is 12.9. The Balaban J connectivity index is 1.92. The maximum absolute atomic E-state index is 10.5. The van der Waals surface area contributed by atoms with Crippen molar-refractivity contribution in [1.82, 2.24) is 4.90 Å². The predicted octanol–water partition coefficient (Wildman–Crippen LogP) is 2.71. The molecule has 3 nitrogen and oxygen atoms in total. The highest BCUT2D eigenvalue weighted by atomic mass is 16.5. The molecule has 0 radical (unpaired) electrons. The molecule has 1 atom stereocenters. The summed E-state index contributed by atoms with van der Waals surface area (Å²) in [6, 6.07) is 7.27. The van der Waals surface area contributed by atoms with Crippen LogP contribution in [0.2, 0.25) is 0 Å². The molecule has 0 saturated carbocycles. The monoisotopic (exact) mass is 233 g/mol. The van der Waals surface area contributed by atoms with Crippen molar-refractivity contribution in [2.45, 2.75) is 32.4 Å². The molecule has 1 saturated heterocycles. The molecule has 0 amide bonds. The van der Waals surface area contributed by atoms with E-state index in [-0.39, 0.29) is 6.23 Å². The highest BCUT2D eigenvalue weighted by molar-refractivity contribution is 5.74. The number of carbonyl (C=O) groups excluding carboxylic acids is 1. The van der Waals surface area contributed by atoms with Gasteiger partial charge in [-0.15, -0.1) is 0 Å². The van der Waals surface area contributed by atoms with Gasteiger partial charge in [-0.2, -0.15) is 0 Å². The second-order valence-electron chi connectivity index (χ2n) is 4.50. The fourth-order valence-electron chi connectivity index (χ4n) is 2.18. The van der Waals surface area contributed by atoms with Crippen LogP contribution in [0.25, 0.3) is 0 Å². The van der Waals surface area contributed by atoms with Crippen molar-refractivity contribution in [1.29, 1.82) is 0 Å². The minimum Gasteiger partial charge on any atom is -0.475 e. The Kier molecular flexibility index (Phi) is 4.15. The van der Waals surface area contributed by atoms with E-state index in [1.807, 2.05) is 12.1 Å². The molecule has 0 bridgehead atoms. The molecule has 2 rings (SSSR count). The molecule has 1 aromatic rings. The second-order valence-corrected chi connectivity index (χ2v) is 4.50. The van der Waals surface area contributed by atoms with Crippen LogP contribution in [0.5, 0.6) is 5.75 Å². The van der Waals surface area contributed by atoms with Crippen LogP contribution in [0.4, 0.5) is 0 Å². The highest BCUT2D eigenvalue weighted by Gasteiger charge is 2.17. The molecular formula is C14H19NO2. The van der Waals surface area contributed by atoms with E-state index in [4.69, 9.17) is 4.74 Å². The number of rotatable bonds is 4. The van der Waals surface area contributed by atoms with E-state index in [9.17, 15) is 4.79 Å². The first-order chi connectivity index (χ1) is 8.29. The lowest BCUT2D eigenvalue weighted by atomic mass is 10.1. The molecule has 92 valence electrons. The summed E-state index contributed by atoms with van der Waals surface area (Å²) in [5.41, 5.74) is 0.683. The van der Waals surface area contributed by atoms with Gasteiger partial charge < -0.3 is 4.74 Å². The van der Waals surface area contributed by atoms with E-state index in [0.29, 0.717) is 5.56 Å². The second kappa shape index (κ2) is 5.82. The zero-order chi connectivity index (χ0) is 12.1. The van der Waals surface area contributed by atoms with E-state index in [0.717, 1.165) is 25.1 Å². The first-order valence-electron chi connectivity index (χ1n) is 6.25. The first-order valence-corrected chi connectivity index (χ1v) is 6.25. The van der Waals surface area contributed by atoms with Crippen molar-refractivity contribution in [3.05, 3.63) is 29.8 Å². The summed E-state index contributed by atoms with van der Waals surface area (Å²) in [6.07, 6.45) is 4.81. The Bertz CT molecular complexity index is 355. The number of piperidine rings is 1. The van der Waals surface area contributed by atoms with Gasteiger partial charge in [0, 0.05) is 18.7 Å². The molecule has 1 aliphatic heterocycles. The number of nitrogens with zero attached hydrogens (tertiary/aromatic N) is 1. The minimum atomic E-state index is 0.109. The average Bonchev–Trinajstić information content (AvgIpc) is 2.40. The van der Waals surface area contributed by atoms with Crippen molar-refractivity contribution in [2.75, 3.05) is 13.1 Å². The molecule has 1 unspecified atom stereocenters. The van der Waals surface area contributed by atoms with Gasteiger partial charge in [0.2, 0.25) is 0 Å². The Morgan fingerprint density at radius 1 is 1.18 bits per heavy atom. The van der Waals surface area contributed by atoms with Crippen LogP contribution in [0, 0.1) is 0 Å². The largest absolute Gasteiger partial charge is 0.475 e. The Hall–Kier alpha value is -1.35. The molecule has 0 spiro atoms. The van der Waals surface area contributed by atoms with Crippen LogP contribution in [0.3, 0.4) is 0 Å². The van der Waals surface area contributed by atoms with E-state index in [1.54, 1.807) is 12.1 Å². The van der Waals surface area contributed by atoms with Gasteiger partial charge in [-0.05, 0) is 44.0 Å². The summed E-state index contributed by atoms with van der Waals surface area (Å²) < 4.78 is 5.86. The highest BCUT2D eigenvalue weighted by Crippen LogP contribution is 2.17. The van der Waals surface area contributed by atoms with Gasteiger partial charge >= 0.3 is 0 Å². The lowest BCUT2D eigenvalue weighted by molar-refractivity contribution is 0.0262. The van der Waals surface area contributed by atoms with Crippen molar-refractivity contribution in [3.63, 3.8) is 0 Å². The van der Waals surface area contributed by atoms with Crippen molar-refractivity contribution < 1.29 is 9.53 Å². The van der Waals surface area contributed by atoms with Crippen LogP contribution in [-0.4, -0.2) is 30.5 Å². The van der Waals surface area contributed by atoms with E-state index in [2.05, 4.69) is 11.8 Å². The molecule has 0 aromatic heterocycles. The van der Waals surface area contributed by atoms with Crippen LogP contribution < -0.4 is 4.74 Å². The summed E-state index contributed by atoms with van der Waals surface area (Å²) in [5.74, 6) is 0.827. The summed E-state index contributed by atoms with van der Waals surface area (Å²) >= 11 is 0. The third-order valence-corrected chi connectivity index (χ3v) is 3.23. The number of hydrogen-bond acceptors (Lipinski definition) is 3. The van der Waals surface area contributed by atoms with Crippen LogP contribution >= 0.6 is 0 Å². The zero-order valence-electron chi connectivity index (χ0n) is 10.3. The fraction of sp³-hybridized carbons (Fsp3) is 0.500. The zero-order valence-corrected chi connectivity index (χ0v) is 10.3. The quantitative estimate of drug-likeness (QED) is 0.749. The smallest absolute Gasteiger partial charge is 0.150 e. The van der Waals surface area contributed by atoms with Crippen molar-refractivity contribution in [2.24, 2.45) is 0 Å². The summed E-state index contributed by atoms with van der Waals surface area (Å²) in [7, 11) is 0. The van der Waals surface area contributed by atoms with Crippen molar-refractivity contribution in [3.8, 4) is 5.75 Å². The summed E-state index contributed by atoms with van der Waals surface area (Å²) in [5, 5.41) is 0. The molecule has 0 aliphatic carbocycles. The SMILES string of the molecule is CC(Oc1ccc(C=O)cc1)N1CCCCC1. The third-order valence-electron chi connectivity index (χ3n) is 3.23. The topological polar surface area (TPSA) is 29.5 Å². The molecule has 0 N–H and O–H groups in total. The normalized spacial score (nSPS) is 18.6. The number of hydrogen-bond donors (Lipinski definition) is 0. The van der Waals surface area contributed by atoms with Gasteiger partial charge in [0.1, 0.15) is 18.3 Å². The lowest BCUT2D eigenvalue weighted by Gasteiger charge is -2.32. The van der Waals surface area contributed by atoms with Crippen LogP contribution in [-0.2, 0) is 0 Å². The molecular weight excluding hydrogens is 214 g/mol. The number of carbonyl (C=O) groups is 1. The maximum atomic E-state index is 10.5. The van der Waals surface area contributed by atoms with Crippen LogP contribution in [0.15, 0.2) is 24.3 Å². The Labute approximate surface area is 102 Å². The summed E-state index contributed by atoms with van der Waals surface area (Å²) in [6.45, 7) is 4.32. The van der Waals surface area contributed by atoms with Gasteiger partial charge in [-0.1, -0.05) is 6.42 Å². The Morgan fingerprint density at radius 2 is 1.82 bits per heavy atom. The van der Waals surface area contributed by atoms with E-state index >= 15 is 0 Å². The fourth-order valence-corrected chi connectivity index (χ4v) is 2.18. The molecule has 3 heteroatoms.